The highest BCUT2D eigenvalue weighted by Gasteiger charge is 2.07. The number of aromatic amines is 1. The normalized spacial score (nSPS) is 10.3. The van der Waals surface area contributed by atoms with Gasteiger partial charge in [0.25, 0.3) is 5.91 Å². The van der Waals surface area contributed by atoms with E-state index in [4.69, 9.17) is 0 Å². The SMILES string of the molecule is O=C(Nc1cccc(-n2cccc2)c1)c1cn[nH]c1. The van der Waals surface area contributed by atoms with Crippen LogP contribution in [0.25, 0.3) is 5.69 Å². The molecule has 3 rings (SSSR count). The number of aromatic nitrogens is 3. The summed E-state index contributed by atoms with van der Waals surface area (Å²) in [7, 11) is 0. The Morgan fingerprint density at radius 2 is 2.05 bits per heavy atom. The molecule has 0 aliphatic heterocycles. The van der Waals surface area contributed by atoms with Gasteiger partial charge in [-0.1, -0.05) is 6.07 Å². The van der Waals surface area contributed by atoms with E-state index in [0.717, 1.165) is 11.4 Å². The fourth-order valence-electron chi connectivity index (χ4n) is 1.83. The van der Waals surface area contributed by atoms with Crippen molar-refractivity contribution in [2.75, 3.05) is 5.32 Å². The van der Waals surface area contributed by atoms with Crippen LogP contribution < -0.4 is 5.32 Å². The Bertz CT molecular complexity index is 671. The Balaban J connectivity index is 1.82. The van der Waals surface area contributed by atoms with Crippen molar-refractivity contribution < 1.29 is 4.79 Å². The monoisotopic (exact) mass is 252 g/mol. The molecule has 0 aliphatic carbocycles. The van der Waals surface area contributed by atoms with Gasteiger partial charge in [-0.15, -0.1) is 0 Å². The van der Waals surface area contributed by atoms with Crippen molar-refractivity contribution in [2.24, 2.45) is 0 Å². The van der Waals surface area contributed by atoms with Crippen LogP contribution in [0.4, 0.5) is 5.69 Å². The van der Waals surface area contributed by atoms with E-state index >= 15 is 0 Å². The van der Waals surface area contributed by atoms with Gasteiger partial charge >= 0.3 is 0 Å². The van der Waals surface area contributed by atoms with Gasteiger partial charge in [0.1, 0.15) is 0 Å². The molecule has 2 aromatic heterocycles. The van der Waals surface area contributed by atoms with Crippen LogP contribution in [-0.4, -0.2) is 20.7 Å². The molecule has 0 unspecified atom stereocenters. The van der Waals surface area contributed by atoms with Gasteiger partial charge in [-0.05, 0) is 30.3 Å². The van der Waals surface area contributed by atoms with E-state index in [1.54, 1.807) is 6.20 Å². The topological polar surface area (TPSA) is 62.7 Å². The average Bonchev–Trinajstić information content (AvgIpc) is 3.13. The highest BCUT2D eigenvalue weighted by atomic mass is 16.1. The Kier molecular flexibility index (Phi) is 2.86. The molecule has 5 heteroatoms. The number of benzene rings is 1. The average molecular weight is 252 g/mol. The van der Waals surface area contributed by atoms with E-state index in [2.05, 4.69) is 15.5 Å². The number of rotatable bonds is 3. The van der Waals surface area contributed by atoms with Gasteiger partial charge in [0.2, 0.25) is 0 Å². The van der Waals surface area contributed by atoms with E-state index in [0.29, 0.717) is 5.56 Å². The van der Waals surface area contributed by atoms with Gasteiger partial charge in [0.15, 0.2) is 0 Å². The predicted molar refractivity (Wildman–Crippen MR) is 72.3 cm³/mol. The molecule has 0 radical (unpaired) electrons. The summed E-state index contributed by atoms with van der Waals surface area (Å²) in [6.07, 6.45) is 6.96. The third-order valence-electron chi connectivity index (χ3n) is 2.77. The molecular formula is C14H12N4O. The van der Waals surface area contributed by atoms with Crippen LogP contribution in [0.5, 0.6) is 0 Å². The first kappa shape index (κ1) is 11.3. The predicted octanol–water partition coefficient (Wildman–Crippen LogP) is 2.45. The molecule has 0 fully saturated rings. The molecule has 19 heavy (non-hydrogen) atoms. The Morgan fingerprint density at radius 3 is 2.79 bits per heavy atom. The zero-order valence-corrected chi connectivity index (χ0v) is 10.1. The first-order valence-corrected chi connectivity index (χ1v) is 5.86. The number of amides is 1. The smallest absolute Gasteiger partial charge is 0.258 e. The highest BCUT2D eigenvalue weighted by Crippen LogP contribution is 2.15. The standard InChI is InChI=1S/C14H12N4O/c19-14(11-9-15-16-10-11)17-12-4-3-5-13(8-12)18-6-1-2-7-18/h1-10H,(H,15,16)(H,17,19). The quantitative estimate of drug-likeness (QED) is 0.752. The van der Waals surface area contributed by atoms with Gasteiger partial charge in [-0.25, -0.2) is 0 Å². The van der Waals surface area contributed by atoms with Crippen LogP contribution >= 0.6 is 0 Å². The number of carbonyl (C=O) groups excluding carboxylic acids is 1. The lowest BCUT2D eigenvalue weighted by molar-refractivity contribution is 0.102. The summed E-state index contributed by atoms with van der Waals surface area (Å²) in [5, 5.41) is 9.20. The Morgan fingerprint density at radius 1 is 1.21 bits per heavy atom. The molecule has 2 heterocycles. The molecule has 0 aliphatic rings. The van der Waals surface area contributed by atoms with Crippen LogP contribution in [0.3, 0.4) is 0 Å². The highest BCUT2D eigenvalue weighted by molar-refractivity contribution is 6.04. The molecule has 0 spiro atoms. The largest absolute Gasteiger partial charge is 0.324 e. The van der Waals surface area contributed by atoms with E-state index in [1.807, 2.05) is 53.4 Å². The van der Waals surface area contributed by atoms with Crippen LogP contribution in [0, 0.1) is 0 Å². The number of anilines is 1. The van der Waals surface area contributed by atoms with Gasteiger partial charge in [-0.2, -0.15) is 5.10 Å². The van der Waals surface area contributed by atoms with Crippen LogP contribution in [-0.2, 0) is 0 Å². The third kappa shape index (κ3) is 2.40. The van der Waals surface area contributed by atoms with E-state index < -0.39 is 0 Å². The Labute approximate surface area is 109 Å². The minimum absolute atomic E-state index is 0.182. The fraction of sp³-hybridized carbons (Fsp3) is 0. The van der Waals surface area contributed by atoms with Crippen molar-refractivity contribution in [3.8, 4) is 5.69 Å². The molecule has 0 saturated carbocycles. The second kappa shape index (κ2) is 4.81. The maximum absolute atomic E-state index is 11.9. The molecule has 94 valence electrons. The summed E-state index contributed by atoms with van der Waals surface area (Å²) in [5.41, 5.74) is 2.25. The Hall–Kier alpha value is -2.82. The van der Waals surface area contributed by atoms with E-state index in [9.17, 15) is 4.79 Å². The second-order valence-electron chi connectivity index (χ2n) is 4.08. The molecule has 3 aromatic rings. The van der Waals surface area contributed by atoms with Crippen molar-refractivity contribution in [1.29, 1.82) is 0 Å². The minimum Gasteiger partial charge on any atom is -0.324 e. The number of nitrogens with zero attached hydrogens (tertiary/aromatic N) is 2. The maximum atomic E-state index is 11.9. The van der Waals surface area contributed by atoms with Crippen LogP contribution in [0.2, 0.25) is 0 Å². The van der Waals surface area contributed by atoms with Crippen LogP contribution in [0.15, 0.2) is 61.2 Å². The molecular weight excluding hydrogens is 240 g/mol. The second-order valence-corrected chi connectivity index (χ2v) is 4.08. The molecule has 0 saturated heterocycles. The minimum atomic E-state index is -0.182. The summed E-state index contributed by atoms with van der Waals surface area (Å²) < 4.78 is 1.98. The maximum Gasteiger partial charge on any atom is 0.258 e. The molecule has 2 N–H and O–H groups in total. The summed E-state index contributed by atoms with van der Waals surface area (Å²) in [6.45, 7) is 0. The molecule has 0 atom stereocenters. The number of H-pyrrole nitrogens is 1. The molecule has 1 aromatic carbocycles. The lowest BCUT2D eigenvalue weighted by atomic mass is 10.2. The lowest BCUT2D eigenvalue weighted by Gasteiger charge is -2.07. The van der Waals surface area contributed by atoms with Crippen molar-refractivity contribution in [3.05, 3.63) is 66.7 Å². The van der Waals surface area contributed by atoms with Gasteiger partial charge in [0, 0.05) is 30.0 Å². The summed E-state index contributed by atoms with van der Waals surface area (Å²) in [6, 6.07) is 11.6. The molecule has 0 bridgehead atoms. The zero-order chi connectivity index (χ0) is 13.1. The number of carbonyl (C=O) groups is 1. The van der Waals surface area contributed by atoms with Crippen molar-refractivity contribution in [1.82, 2.24) is 14.8 Å². The number of hydrogen-bond acceptors (Lipinski definition) is 2. The lowest BCUT2D eigenvalue weighted by Crippen LogP contribution is -2.11. The first-order chi connectivity index (χ1) is 9.33. The van der Waals surface area contributed by atoms with Crippen molar-refractivity contribution in [3.63, 3.8) is 0 Å². The number of hydrogen-bond donors (Lipinski definition) is 2. The van der Waals surface area contributed by atoms with Gasteiger partial charge < -0.3 is 9.88 Å². The third-order valence-corrected chi connectivity index (χ3v) is 2.77. The summed E-state index contributed by atoms with van der Waals surface area (Å²) >= 11 is 0. The van der Waals surface area contributed by atoms with Gasteiger partial charge in [-0.3, -0.25) is 9.89 Å². The fourth-order valence-corrected chi connectivity index (χ4v) is 1.83. The van der Waals surface area contributed by atoms with Crippen LogP contribution in [0.1, 0.15) is 10.4 Å². The summed E-state index contributed by atoms with van der Waals surface area (Å²) in [5.74, 6) is -0.182. The van der Waals surface area contributed by atoms with Crippen molar-refractivity contribution in [2.45, 2.75) is 0 Å². The number of nitrogens with one attached hydrogen (secondary N) is 2. The summed E-state index contributed by atoms with van der Waals surface area (Å²) in [4.78, 5) is 11.9. The van der Waals surface area contributed by atoms with Gasteiger partial charge in [0.05, 0.1) is 11.8 Å². The van der Waals surface area contributed by atoms with E-state index in [-0.39, 0.29) is 5.91 Å². The zero-order valence-electron chi connectivity index (χ0n) is 10.1. The van der Waals surface area contributed by atoms with E-state index in [1.165, 1.54) is 6.20 Å². The first-order valence-electron chi connectivity index (χ1n) is 5.86. The molecule has 1 amide bonds. The molecule has 5 nitrogen and oxygen atoms in total. The van der Waals surface area contributed by atoms with Crippen molar-refractivity contribution >= 4 is 11.6 Å².